The van der Waals surface area contributed by atoms with Crippen LogP contribution in [0.1, 0.15) is 19.8 Å². The molecular weight excluding hydrogens is 304 g/mol. The van der Waals surface area contributed by atoms with E-state index in [1.165, 1.54) is 22.9 Å². The first kappa shape index (κ1) is 14.2. The molecule has 0 aliphatic rings. The Morgan fingerprint density at radius 3 is 3.11 bits per heavy atom. The van der Waals surface area contributed by atoms with Crippen LogP contribution in [0.4, 0.5) is 5.00 Å². The first-order valence-electron chi connectivity index (χ1n) is 5.69. The largest absolute Gasteiger partial charge is 0.466 e. The van der Waals surface area contributed by atoms with Gasteiger partial charge in [0.15, 0.2) is 14.6 Å². The van der Waals surface area contributed by atoms with Crippen molar-refractivity contribution in [2.45, 2.75) is 26.3 Å². The third kappa shape index (κ3) is 3.04. The van der Waals surface area contributed by atoms with Gasteiger partial charge in [-0.1, -0.05) is 11.3 Å². The van der Waals surface area contributed by atoms with Crippen LogP contribution in [0.25, 0.3) is 10.3 Å². The van der Waals surface area contributed by atoms with Gasteiger partial charge >= 0.3 is 5.97 Å². The summed E-state index contributed by atoms with van der Waals surface area (Å²) in [6.07, 6.45) is 1.02. The number of fused-ring (bicyclic) bond motifs is 1. The molecule has 9 heteroatoms. The van der Waals surface area contributed by atoms with Gasteiger partial charge in [-0.15, -0.1) is 5.11 Å². The van der Waals surface area contributed by atoms with Gasteiger partial charge in [-0.25, -0.2) is 5.53 Å². The first-order valence-corrected chi connectivity index (χ1v) is 7.69. The summed E-state index contributed by atoms with van der Waals surface area (Å²) in [6, 6.07) is 0. The average Bonchev–Trinajstić information content (AvgIpc) is 2.89. The lowest BCUT2D eigenvalue weighted by molar-refractivity contribution is -0.143. The Morgan fingerprint density at radius 2 is 2.42 bits per heavy atom. The molecule has 6 nitrogen and oxygen atoms in total. The van der Waals surface area contributed by atoms with E-state index in [1.54, 1.807) is 6.92 Å². The van der Waals surface area contributed by atoms with Gasteiger partial charge in [0.2, 0.25) is 0 Å². The van der Waals surface area contributed by atoms with E-state index in [2.05, 4.69) is 9.49 Å². The fraction of sp³-hybridized carbons (Fsp3) is 0.500. The zero-order valence-corrected chi connectivity index (χ0v) is 12.7. The van der Waals surface area contributed by atoms with E-state index in [1.807, 2.05) is 4.57 Å². The molecule has 2 heterocycles. The van der Waals surface area contributed by atoms with Crippen molar-refractivity contribution in [1.29, 1.82) is 5.53 Å². The fourth-order valence-electron chi connectivity index (χ4n) is 1.64. The van der Waals surface area contributed by atoms with Crippen molar-refractivity contribution < 1.29 is 9.53 Å². The van der Waals surface area contributed by atoms with Crippen LogP contribution in [-0.2, 0) is 16.1 Å². The van der Waals surface area contributed by atoms with Crippen LogP contribution in [0.15, 0.2) is 5.11 Å². The standard InChI is InChI=1S/C10H12N4O2S3/c1-2-16-6(15)4-3-5-14-8-7(18-10(14)17)9(12-11)19-13-8/h11H,2-5H2,1H3. The molecule has 0 radical (unpaired) electrons. The molecule has 1 N–H and O–H groups in total. The third-order valence-corrected chi connectivity index (χ3v) is 4.76. The van der Waals surface area contributed by atoms with E-state index in [0.717, 1.165) is 10.3 Å². The molecule has 0 bridgehead atoms. The molecule has 0 atom stereocenters. The predicted octanol–water partition coefficient (Wildman–Crippen LogP) is 3.89. The lowest BCUT2D eigenvalue weighted by Gasteiger charge is -2.03. The molecule has 0 amide bonds. The van der Waals surface area contributed by atoms with Crippen LogP contribution in [-0.4, -0.2) is 21.5 Å². The number of esters is 1. The summed E-state index contributed by atoms with van der Waals surface area (Å²) >= 11 is 7.86. The molecular formula is C10H12N4O2S3. The quantitative estimate of drug-likeness (QED) is 0.498. The van der Waals surface area contributed by atoms with E-state index >= 15 is 0 Å². The zero-order chi connectivity index (χ0) is 13.8. The minimum absolute atomic E-state index is 0.194. The van der Waals surface area contributed by atoms with Gasteiger partial charge in [0, 0.05) is 13.0 Å². The topological polar surface area (TPSA) is 80.3 Å². The zero-order valence-electron chi connectivity index (χ0n) is 10.2. The number of rotatable bonds is 6. The van der Waals surface area contributed by atoms with Crippen LogP contribution in [0.3, 0.4) is 0 Å². The van der Waals surface area contributed by atoms with Crippen LogP contribution in [0.5, 0.6) is 0 Å². The summed E-state index contributed by atoms with van der Waals surface area (Å²) in [4.78, 5) is 11.3. The predicted molar refractivity (Wildman–Crippen MR) is 77.0 cm³/mol. The molecule has 0 aliphatic heterocycles. The lowest BCUT2D eigenvalue weighted by Crippen LogP contribution is -2.06. The number of aromatic nitrogens is 2. The van der Waals surface area contributed by atoms with Crippen molar-refractivity contribution in [2.24, 2.45) is 5.11 Å². The van der Waals surface area contributed by atoms with Gasteiger partial charge in [0.1, 0.15) is 4.70 Å². The van der Waals surface area contributed by atoms with Crippen molar-refractivity contribution in [3.05, 3.63) is 3.95 Å². The highest BCUT2D eigenvalue weighted by Gasteiger charge is 2.13. The third-order valence-electron chi connectivity index (χ3n) is 2.45. The van der Waals surface area contributed by atoms with Crippen LogP contribution >= 0.6 is 35.1 Å². The van der Waals surface area contributed by atoms with Gasteiger partial charge in [-0.2, -0.15) is 4.37 Å². The maximum Gasteiger partial charge on any atom is 0.305 e. The molecule has 0 aliphatic carbocycles. The van der Waals surface area contributed by atoms with E-state index in [0.29, 0.717) is 34.9 Å². The molecule has 0 spiro atoms. The van der Waals surface area contributed by atoms with Crippen LogP contribution in [0, 0.1) is 9.49 Å². The highest BCUT2D eigenvalue weighted by Crippen LogP contribution is 2.35. The van der Waals surface area contributed by atoms with Crippen molar-refractivity contribution in [1.82, 2.24) is 8.94 Å². The molecule has 102 valence electrons. The van der Waals surface area contributed by atoms with Gasteiger partial charge in [-0.3, -0.25) is 4.79 Å². The van der Waals surface area contributed by atoms with Crippen molar-refractivity contribution in [2.75, 3.05) is 6.61 Å². The number of nitrogens with zero attached hydrogens (tertiary/aromatic N) is 3. The number of nitrogens with one attached hydrogen (secondary N) is 1. The maximum atomic E-state index is 11.3. The second-order valence-electron chi connectivity index (χ2n) is 3.68. The van der Waals surface area contributed by atoms with Crippen LogP contribution < -0.4 is 0 Å². The molecule has 0 saturated heterocycles. The molecule has 0 aromatic carbocycles. The minimum Gasteiger partial charge on any atom is -0.466 e. The average molecular weight is 316 g/mol. The molecule has 2 aromatic heterocycles. The molecule has 2 rings (SSSR count). The Kier molecular flexibility index (Phi) is 4.72. The lowest BCUT2D eigenvalue weighted by atomic mass is 10.3. The Balaban J connectivity index is 2.10. The Bertz CT molecular complexity index is 657. The second kappa shape index (κ2) is 6.31. The SMILES string of the molecule is CCOC(=O)CCCn1c(=S)sc2c(N=N)snc21. The Hall–Kier alpha value is -1.19. The first-order chi connectivity index (χ1) is 9.17. The molecule has 2 aromatic rings. The second-order valence-corrected chi connectivity index (χ2v) is 6.08. The van der Waals surface area contributed by atoms with Gasteiger partial charge in [0.05, 0.1) is 6.61 Å². The number of hydrogen-bond donors (Lipinski definition) is 1. The number of thiazole rings is 1. The Morgan fingerprint density at radius 1 is 1.63 bits per heavy atom. The van der Waals surface area contributed by atoms with Gasteiger partial charge in [-0.05, 0) is 37.1 Å². The Labute approximate surface area is 122 Å². The summed E-state index contributed by atoms with van der Waals surface area (Å²) in [5.74, 6) is -0.194. The monoisotopic (exact) mass is 316 g/mol. The van der Waals surface area contributed by atoms with E-state index in [4.69, 9.17) is 22.5 Å². The number of hydrogen-bond acceptors (Lipinski definition) is 8. The van der Waals surface area contributed by atoms with Crippen molar-refractivity contribution in [3.63, 3.8) is 0 Å². The van der Waals surface area contributed by atoms with E-state index in [-0.39, 0.29) is 5.97 Å². The minimum atomic E-state index is -0.194. The van der Waals surface area contributed by atoms with Gasteiger partial charge in [0.25, 0.3) is 0 Å². The highest BCUT2D eigenvalue weighted by atomic mass is 32.1. The molecule has 19 heavy (non-hydrogen) atoms. The summed E-state index contributed by atoms with van der Waals surface area (Å²) in [6.45, 7) is 2.82. The van der Waals surface area contributed by atoms with Gasteiger partial charge < -0.3 is 9.30 Å². The molecule has 0 saturated carbocycles. The van der Waals surface area contributed by atoms with Crippen LogP contribution in [0.2, 0.25) is 0 Å². The molecule has 0 unspecified atom stereocenters. The fourth-order valence-corrected chi connectivity index (χ4v) is 3.78. The summed E-state index contributed by atoms with van der Waals surface area (Å²) in [7, 11) is 0. The summed E-state index contributed by atoms with van der Waals surface area (Å²) in [5, 5.41) is 4.01. The highest BCUT2D eigenvalue weighted by molar-refractivity contribution is 7.73. The summed E-state index contributed by atoms with van der Waals surface area (Å²) in [5.41, 5.74) is 7.82. The van der Waals surface area contributed by atoms with E-state index in [9.17, 15) is 4.79 Å². The maximum absolute atomic E-state index is 11.3. The number of carbonyl (C=O) groups excluding carboxylic acids is 1. The molecule has 0 fully saturated rings. The smallest absolute Gasteiger partial charge is 0.305 e. The summed E-state index contributed by atoms with van der Waals surface area (Å²) < 4.78 is 12.6. The normalized spacial score (nSPS) is 10.8. The number of aryl methyl sites for hydroxylation is 1. The number of ether oxygens (including phenoxy) is 1. The van der Waals surface area contributed by atoms with Crippen molar-refractivity contribution >= 4 is 56.4 Å². The van der Waals surface area contributed by atoms with Crippen molar-refractivity contribution in [3.8, 4) is 0 Å². The number of carbonyl (C=O) groups is 1. The van der Waals surface area contributed by atoms with E-state index < -0.39 is 0 Å².